The Morgan fingerprint density at radius 2 is 1.58 bits per heavy atom. The summed E-state index contributed by atoms with van der Waals surface area (Å²) in [5, 5.41) is 0. The summed E-state index contributed by atoms with van der Waals surface area (Å²) in [5.41, 5.74) is 0. The van der Waals surface area contributed by atoms with Crippen LogP contribution in [0.4, 0.5) is 0 Å². The lowest BCUT2D eigenvalue weighted by Gasteiger charge is -2.46. The van der Waals surface area contributed by atoms with Gasteiger partial charge in [0.25, 0.3) is 0 Å². The number of piperidine rings is 2. The maximum Gasteiger partial charge on any atom is 0.219 e. The van der Waals surface area contributed by atoms with E-state index in [0.29, 0.717) is 12.1 Å². The third-order valence-corrected chi connectivity index (χ3v) is 5.41. The van der Waals surface area contributed by atoms with Gasteiger partial charge in [0.05, 0.1) is 6.10 Å². The number of hydrogen-bond acceptors (Lipinski definition) is 3. The summed E-state index contributed by atoms with van der Waals surface area (Å²) in [6.45, 7) is 3.58. The molecule has 3 heterocycles. The van der Waals surface area contributed by atoms with E-state index in [1.165, 1.54) is 25.7 Å². The van der Waals surface area contributed by atoms with Crippen LogP contribution in [0.3, 0.4) is 0 Å². The van der Waals surface area contributed by atoms with Crippen molar-refractivity contribution >= 4 is 5.91 Å². The number of amides is 1. The minimum absolute atomic E-state index is 0.236. The van der Waals surface area contributed by atoms with Crippen molar-refractivity contribution in [3.8, 4) is 0 Å². The number of nitrogens with zero attached hydrogens (tertiary/aromatic N) is 2. The van der Waals surface area contributed by atoms with Crippen LogP contribution in [0, 0.1) is 0 Å². The normalized spacial score (nSPS) is 36.7. The van der Waals surface area contributed by atoms with Gasteiger partial charge in [0, 0.05) is 45.2 Å². The zero-order valence-electron chi connectivity index (χ0n) is 12.2. The van der Waals surface area contributed by atoms with Crippen molar-refractivity contribution < 1.29 is 9.53 Å². The molecule has 0 aromatic rings. The van der Waals surface area contributed by atoms with E-state index in [4.69, 9.17) is 4.74 Å². The Labute approximate surface area is 116 Å². The van der Waals surface area contributed by atoms with Crippen molar-refractivity contribution in [2.75, 3.05) is 20.2 Å². The van der Waals surface area contributed by atoms with E-state index in [9.17, 15) is 4.79 Å². The highest BCUT2D eigenvalue weighted by Gasteiger charge is 2.44. The smallest absolute Gasteiger partial charge is 0.219 e. The highest BCUT2D eigenvalue weighted by atomic mass is 16.5. The predicted molar refractivity (Wildman–Crippen MR) is 74.0 cm³/mol. The minimum Gasteiger partial charge on any atom is -0.381 e. The third-order valence-electron chi connectivity index (χ3n) is 5.41. The van der Waals surface area contributed by atoms with Crippen molar-refractivity contribution in [2.24, 2.45) is 0 Å². The first-order valence-corrected chi connectivity index (χ1v) is 7.74. The van der Waals surface area contributed by atoms with Gasteiger partial charge in [0.15, 0.2) is 0 Å². The molecule has 19 heavy (non-hydrogen) atoms. The van der Waals surface area contributed by atoms with Gasteiger partial charge < -0.3 is 9.64 Å². The quantitative estimate of drug-likeness (QED) is 0.762. The molecule has 3 aliphatic rings. The Morgan fingerprint density at radius 3 is 2.05 bits per heavy atom. The van der Waals surface area contributed by atoms with E-state index in [2.05, 4.69) is 4.90 Å². The van der Waals surface area contributed by atoms with Gasteiger partial charge in [-0.1, -0.05) is 0 Å². The second-order valence-corrected chi connectivity index (χ2v) is 6.40. The molecular weight excluding hydrogens is 240 g/mol. The fourth-order valence-electron chi connectivity index (χ4n) is 4.43. The van der Waals surface area contributed by atoms with Gasteiger partial charge in [0.1, 0.15) is 0 Å². The van der Waals surface area contributed by atoms with E-state index in [-0.39, 0.29) is 5.91 Å². The van der Waals surface area contributed by atoms with E-state index >= 15 is 0 Å². The average Bonchev–Trinajstić information content (AvgIpc) is 2.69. The van der Waals surface area contributed by atoms with Gasteiger partial charge in [-0.15, -0.1) is 0 Å². The number of carbonyl (C=O) groups is 1. The molecule has 0 N–H and O–H groups in total. The molecule has 3 saturated heterocycles. The summed E-state index contributed by atoms with van der Waals surface area (Å²) in [4.78, 5) is 16.2. The van der Waals surface area contributed by atoms with E-state index in [1.807, 2.05) is 12.0 Å². The summed E-state index contributed by atoms with van der Waals surface area (Å²) in [7, 11) is 1.85. The van der Waals surface area contributed by atoms with E-state index in [0.717, 1.165) is 38.0 Å². The molecular formula is C15H26N2O2. The molecule has 1 amide bonds. The van der Waals surface area contributed by atoms with Crippen molar-refractivity contribution in [2.45, 2.75) is 69.7 Å². The molecule has 4 heteroatoms. The number of rotatable bonds is 2. The molecule has 3 fully saturated rings. The molecule has 2 bridgehead atoms. The van der Waals surface area contributed by atoms with Crippen molar-refractivity contribution in [3.05, 3.63) is 0 Å². The van der Waals surface area contributed by atoms with Crippen molar-refractivity contribution in [3.63, 3.8) is 0 Å². The third kappa shape index (κ3) is 2.52. The Hall–Kier alpha value is -0.610. The number of fused-ring (bicyclic) bond motifs is 2. The molecule has 108 valence electrons. The summed E-state index contributed by atoms with van der Waals surface area (Å²) >= 11 is 0. The van der Waals surface area contributed by atoms with Gasteiger partial charge in [0.2, 0.25) is 5.91 Å². The molecule has 0 aromatic heterocycles. The molecule has 2 atom stereocenters. The maximum atomic E-state index is 11.4. The number of hydrogen-bond donors (Lipinski definition) is 0. The SMILES string of the molecule is COC1CC2CCC(C1)N2C1CCN(C(C)=O)CC1. The van der Waals surface area contributed by atoms with Crippen LogP contribution in [0.1, 0.15) is 45.4 Å². The second-order valence-electron chi connectivity index (χ2n) is 6.40. The minimum atomic E-state index is 0.236. The molecule has 0 aromatic carbocycles. The summed E-state index contributed by atoms with van der Waals surface area (Å²) in [5.74, 6) is 0.236. The molecule has 3 rings (SSSR count). The Kier molecular flexibility index (Phi) is 3.81. The lowest BCUT2D eigenvalue weighted by atomic mass is 9.93. The van der Waals surface area contributed by atoms with Crippen molar-refractivity contribution in [1.29, 1.82) is 0 Å². The number of likely N-dealkylation sites (tertiary alicyclic amines) is 1. The zero-order valence-corrected chi connectivity index (χ0v) is 12.2. The lowest BCUT2D eigenvalue weighted by Crippen LogP contribution is -2.54. The number of ether oxygens (including phenoxy) is 1. The van der Waals surface area contributed by atoms with Gasteiger partial charge in [-0.3, -0.25) is 9.69 Å². The molecule has 0 aliphatic carbocycles. The second kappa shape index (κ2) is 5.41. The topological polar surface area (TPSA) is 32.8 Å². The largest absolute Gasteiger partial charge is 0.381 e. The fourth-order valence-corrected chi connectivity index (χ4v) is 4.43. The summed E-state index contributed by atoms with van der Waals surface area (Å²) < 4.78 is 5.58. The highest BCUT2D eigenvalue weighted by Crippen LogP contribution is 2.40. The predicted octanol–water partition coefficient (Wildman–Crippen LogP) is 1.64. The molecule has 3 aliphatic heterocycles. The maximum absolute atomic E-state index is 11.4. The van der Waals surface area contributed by atoms with Crippen LogP contribution in [0.5, 0.6) is 0 Å². The summed E-state index contributed by atoms with van der Waals surface area (Å²) in [6.07, 6.45) is 7.90. The van der Waals surface area contributed by atoms with Crippen LogP contribution in [-0.4, -0.2) is 60.1 Å². The van der Waals surface area contributed by atoms with Crippen LogP contribution < -0.4 is 0 Å². The Morgan fingerprint density at radius 1 is 1.00 bits per heavy atom. The first-order valence-electron chi connectivity index (χ1n) is 7.74. The number of methoxy groups -OCH3 is 1. The van der Waals surface area contributed by atoms with Crippen LogP contribution >= 0.6 is 0 Å². The number of carbonyl (C=O) groups excluding carboxylic acids is 1. The summed E-state index contributed by atoms with van der Waals surface area (Å²) in [6, 6.07) is 2.17. The standard InChI is InChI=1S/C15H26N2O2/c1-11(18)16-7-5-12(6-8-16)17-13-3-4-14(17)10-15(9-13)19-2/h12-15H,3-10H2,1-2H3. The highest BCUT2D eigenvalue weighted by molar-refractivity contribution is 5.73. The van der Waals surface area contributed by atoms with Gasteiger partial charge in [-0.2, -0.15) is 0 Å². The molecule has 0 radical (unpaired) electrons. The van der Waals surface area contributed by atoms with Gasteiger partial charge in [-0.05, 0) is 38.5 Å². The monoisotopic (exact) mass is 266 g/mol. The van der Waals surface area contributed by atoms with E-state index < -0.39 is 0 Å². The van der Waals surface area contributed by atoms with E-state index in [1.54, 1.807) is 6.92 Å². The zero-order chi connectivity index (χ0) is 13.4. The molecule has 0 saturated carbocycles. The Bertz CT molecular complexity index is 325. The fraction of sp³-hybridized carbons (Fsp3) is 0.933. The van der Waals surface area contributed by atoms with Crippen molar-refractivity contribution in [1.82, 2.24) is 9.80 Å². The van der Waals surface area contributed by atoms with Crippen LogP contribution in [-0.2, 0) is 9.53 Å². The van der Waals surface area contributed by atoms with Crippen LogP contribution in [0.25, 0.3) is 0 Å². The Balaban J connectivity index is 1.60. The van der Waals surface area contributed by atoms with Gasteiger partial charge in [-0.25, -0.2) is 0 Å². The first-order chi connectivity index (χ1) is 9.19. The molecule has 4 nitrogen and oxygen atoms in total. The lowest BCUT2D eigenvalue weighted by molar-refractivity contribution is -0.130. The van der Waals surface area contributed by atoms with Crippen LogP contribution in [0.15, 0.2) is 0 Å². The first kappa shape index (κ1) is 13.4. The van der Waals surface area contributed by atoms with Gasteiger partial charge >= 0.3 is 0 Å². The molecule has 0 spiro atoms. The molecule has 2 unspecified atom stereocenters. The average molecular weight is 266 g/mol. The van der Waals surface area contributed by atoms with Crippen LogP contribution in [0.2, 0.25) is 0 Å².